The molecule has 1 amide bonds. The fraction of sp³-hybridized carbons (Fsp3) is 0.545. The Labute approximate surface area is 108 Å². The number of nitrogens with one attached hydrogen (secondary N) is 1. The van der Waals surface area contributed by atoms with Crippen molar-refractivity contribution in [1.82, 2.24) is 5.32 Å². The zero-order chi connectivity index (χ0) is 11.5. The Hall–Kier alpha value is -0.390. The molecule has 1 aromatic rings. The van der Waals surface area contributed by atoms with Crippen molar-refractivity contribution < 1.29 is 4.79 Å². The molecule has 0 aromatic carbocycles. The maximum Gasteiger partial charge on any atom is 0.244 e. The molecule has 0 bridgehead atoms. The Balaban J connectivity index is 2.03. The van der Waals surface area contributed by atoms with Gasteiger partial charge in [-0.2, -0.15) is 0 Å². The molecule has 5 heteroatoms. The molecule has 0 spiro atoms. The first-order valence-corrected chi connectivity index (χ1v) is 7.06. The molecule has 1 fully saturated rings. The summed E-state index contributed by atoms with van der Waals surface area (Å²) in [4.78, 5) is 13.9. The Bertz CT molecular complexity index is 374. The van der Waals surface area contributed by atoms with Crippen LogP contribution in [0.5, 0.6) is 0 Å². The third-order valence-corrected chi connectivity index (χ3v) is 4.53. The molecule has 0 aliphatic carbocycles. The number of amides is 1. The second-order valence-electron chi connectivity index (χ2n) is 3.98. The number of halogens is 1. The number of carbonyl (C=O) groups excluding carboxylic acids is 1. The fourth-order valence-electron chi connectivity index (χ4n) is 1.89. The zero-order valence-electron chi connectivity index (χ0n) is 9.20. The van der Waals surface area contributed by atoms with Gasteiger partial charge < -0.3 is 10.2 Å². The summed E-state index contributed by atoms with van der Waals surface area (Å²) >= 11 is 4.99. The molecule has 1 unspecified atom stereocenters. The molecule has 2 rings (SSSR count). The number of piperidine rings is 1. The topological polar surface area (TPSA) is 32.3 Å². The summed E-state index contributed by atoms with van der Waals surface area (Å²) in [5.74, 6) is 0.175. The average Bonchev–Trinajstić information content (AvgIpc) is 2.75. The quantitative estimate of drug-likeness (QED) is 0.911. The lowest BCUT2D eigenvalue weighted by molar-refractivity contribution is -0.120. The van der Waals surface area contributed by atoms with E-state index in [-0.39, 0.29) is 11.9 Å². The van der Waals surface area contributed by atoms with E-state index in [1.54, 1.807) is 16.2 Å². The van der Waals surface area contributed by atoms with Crippen LogP contribution in [0.1, 0.15) is 19.3 Å². The van der Waals surface area contributed by atoms with E-state index in [4.69, 9.17) is 0 Å². The van der Waals surface area contributed by atoms with Crippen molar-refractivity contribution in [3.63, 3.8) is 0 Å². The third-order valence-electron chi connectivity index (χ3n) is 2.83. The lowest BCUT2D eigenvalue weighted by atomic mass is 10.0. The lowest BCUT2D eigenvalue weighted by Crippen LogP contribution is -2.47. The van der Waals surface area contributed by atoms with Crippen molar-refractivity contribution in [2.24, 2.45) is 0 Å². The van der Waals surface area contributed by atoms with Crippen molar-refractivity contribution in [3.05, 3.63) is 15.9 Å². The first kappa shape index (κ1) is 12.1. The molecule has 3 nitrogen and oxygen atoms in total. The highest BCUT2D eigenvalue weighted by Crippen LogP contribution is 2.29. The van der Waals surface area contributed by atoms with Gasteiger partial charge in [-0.15, -0.1) is 11.3 Å². The third kappa shape index (κ3) is 2.64. The number of likely N-dealkylation sites (N-methyl/N-ethyl adjacent to an activating group) is 1. The highest BCUT2D eigenvalue weighted by molar-refractivity contribution is 9.11. The highest BCUT2D eigenvalue weighted by atomic mass is 79.9. The van der Waals surface area contributed by atoms with Gasteiger partial charge in [0.25, 0.3) is 0 Å². The predicted molar refractivity (Wildman–Crippen MR) is 71.1 cm³/mol. The maximum absolute atomic E-state index is 12.2. The first-order valence-electron chi connectivity index (χ1n) is 5.45. The zero-order valence-corrected chi connectivity index (χ0v) is 11.6. The van der Waals surface area contributed by atoms with Gasteiger partial charge in [-0.25, -0.2) is 0 Å². The predicted octanol–water partition coefficient (Wildman–Crippen LogP) is 2.62. The summed E-state index contributed by atoms with van der Waals surface area (Å²) in [6.45, 7) is 0.957. The molecule has 88 valence electrons. The number of rotatable bonds is 2. The molecule has 1 saturated heterocycles. The standard InChI is InChI=1S/C11H15BrN2OS/c1-14(10-6-5-9(12)16-10)11(15)8-4-2-3-7-13-8/h5-6,8,13H,2-4,7H2,1H3. The van der Waals surface area contributed by atoms with Crippen LogP contribution in [0.25, 0.3) is 0 Å². The first-order chi connectivity index (χ1) is 7.68. The van der Waals surface area contributed by atoms with Gasteiger partial charge in [0.2, 0.25) is 5.91 Å². The largest absolute Gasteiger partial charge is 0.306 e. The van der Waals surface area contributed by atoms with Gasteiger partial charge in [-0.05, 0) is 47.4 Å². The van der Waals surface area contributed by atoms with Gasteiger partial charge in [0, 0.05) is 7.05 Å². The van der Waals surface area contributed by atoms with Crippen molar-refractivity contribution in [1.29, 1.82) is 0 Å². The van der Waals surface area contributed by atoms with E-state index in [0.717, 1.165) is 28.2 Å². The summed E-state index contributed by atoms with van der Waals surface area (Å²) in [5.41, 5.74) is 0. The van der Waals surface area contributed by atoms with Crippen LogP contribution in [0.2, 0.25) is 0 Å². The second-order valence-corrected chi connectivity index (χ2v) is 6.42. The van der Waals surface area contributed by atoms with Gasteiger partial charge in [-0.1, -0.05) is 6.42 Å². The van der Waals surface area contributed by atoms with E-state index < -0.39 is 0 Å². The molecule has 16 heavy (non-hydrogen) atoms. The molecular weight excluding hydrogens is 288 g/mol. The van der Waals surface area contributed by atoms with E-state index in [1.165, 1.54) is 6.42 Å². The maximum atomic E-state index is 12.2. The summed E-state index contributed by atoms with van der Waals surface area (Å²) < 4.78 is 1.05. The minimum atomic E-state index is -0.000347. The molecule has 2 heterocycles. The second kappa shape index (κ2) is 5.29. The van der Waals surface area contributed by atoms with Gasteiger partial charge in [0.1, 0.15) is 0 Å². The van der Waals surface area contributed by atoms with E-state index >= 15 is 0 Å². The van der Waals surface area contributed by atoms with Crippen LogP contribution in [0.3, 0.4) is 0 Å². The Morgan fingerprint density at radius 2 is 2.38 bits per heavy atom. The van der Waals surface area contributed by atoms with Gasteiger partial charge in [-0.3, -0.25) is 4.79 Å². The minimum Gasteiger partial charge on any atom is -0.306 e. The number of hydrogen-bond donors (Lipinski definition) is 1. The van der Waals surface area contributed by atoms with Crippen LogP contribution in [0.4, 0.5) is 5.00 Å². The Kier molecular flexibility index (Phi) is 4.00. The van der Waals surface area contributed by atoms with Crippen LogP contribution in [0, 0.1) is 0 Å². The normalized spacial score (nSPS) is 20.8. The van der Waals surface area contributed by atoms with Crippen LogP contribution in [-0.2, 0) is 4.79 Å². The number of nitrogens with zero attached hydrogens (tertiary/aromatic N) is 1. The summed E-state index contributed by atoms with van der Waals surface area (Å²) in [6.07, 6.45) is 3.28. The molecule has 0 radical (unpaired) electrons. The number of hydrogen-bond acceptors (Lipinski definition) is 3. The van der Waals surface area contributed by atoms with E-state index in [1.807, 2.05) is 19.2 Å². The number of carbonyl (C=O) groups is 1. The van der Waals surface area contributed by atoms with Crippen molar-refractivity contribution in [2.45, 2.75) is 25.3 Å². The van der Waals surface area contributed by atoms with E-state index in [9.17, 15) is 4.79 Å². The molecular formula is C11H15BrN2OS. The SMILES string of the molecule is CN(C(=O)C1CCCCN1)c1ccc(Br)s1. The molecule has 1 aliphatic heterocycles. The van der Waals surface area contributed by atoms with Gasteiger partial charge >= 0.3 is 0 Å². The van der Waals surface area contributed by atoms with Crippen LogP contribution < -0.4 is 10.2 Å². The minimum absolute atomic E-state index is 0.000347. The number of thiophene rings is 1. The highest BCUT2D eigenvalue weighted by Gasteiger charge is 2.24. The van der Waals surface area contributed by atoms with Crippen molar-refractivity contribution in [3.8, 4) is 0 Å². The molecule has 1 N–H and O–H groups in total. The lowest BCUT2D eigenvalue weighted by Gasteiger charge is -2.26. The summed E-state index contributed by atoms with van der Waals surface area (Å²) in [5, 5.41) is 4.27. The summed E-state index contributed by atoms with van der Waals surface area (Å²) in [6, 6.07) is 3.94. The molecule has 1 aromatic heterocycles. The molecule has 0 saturated carbocycles. The molecule has 1 atom stereocenters. The smallest absolute Gasteiger partial charge is 0.244 e. The Morgan fingerprint density at radius 1 is 1.56 bits per heavy atom. The van der Waals surface area contributed by atoms with E-state index in [0.29, 0.717) is 0 Å². The van der Waals surface area contributed by atoms with Crippen LogP contribution in [-0.4, -0.2) is 25.5 Å². The molecule has 1 aliphatic rings. The van der Waals surface area contributed by atoms with Crippen LogP contribution in [0.15, 0.2) is 15.9 Å². The van der Waals surface area contributed by atoms with E-state index in [2.05, 4.69) is 21.2 Å². The van der Waals surface area contributed by atoms with Crippen molar-refractivity contribution >= 4 is 38.2 Å². The van der Waals surface area contributed by atoms with Crippen LogP contribution >= 0.6 is 27.3 Å². The number of anilines is 1. The van der Waals surface area contributed by atoms with Gasteiger partial charge in [0.15, 0.2) is 0 Å². The Morgan fingerprint density at radius 3 is 2.94 bits per heavy atom. The summed E-state index contributed by atoms with van der Waals surface area (Å²) in [7, 11) is 1.84. The van der Waals surface area contributed by atoms with Gasteiger partial charge in [0.05, 0.1) is 14.8 Å². The average molecular weight is 303 g/mol. The van der Waals surface area contributed by atoms with Crippen molar-refractivity contribution in [2.75, 3.05) is 18.5 Å². The fourth-order valence-corrected chi connectivity index (χ4v) is 3.22. The monoisotopic (exact) mass is 302 g/mol.